The Morgan fingerprint density at radius 3 is 2.45 bits per heavy atom. The molecule has 0 bridgehead atoms. The van der Waals surface area contributed by atoms with Gasteiger partial charge in [0.05, 0.1) is 11.3 Å². The van der Waals surface area contributed by atoms with E-state index in [1.165, 1.54) is 13.1 Å². The second kappa shape index (κ2) is 4.44. The Morgan fingerprint density at radius 1 is 1.64 bits per heavy atom. The van der Waals surface area contributed by atoms with E-state index >= 15 is 0 Å². The summed E-state index contributed by atoms with van der Waals surface area (Å²) in [5, 5.41) is 9.72. The molecule has 0 radical (unpaired) electrons. The van der Waals surface area contributed by atoms with E-state index in [0.717, 1.165) is 0 Å². The molecule has 60 valence electrons. The van der Waals surface area contributed by atoms with Crippen molar-refractivity contribution in [2.24, 2.45) is 0 Å². The smallest absolute Gasteiger partial charge is 0.252 e. The van der Waals surface area contributed by atoms with Gasteiger partial charge in [-0.2, -0.15) is 0 Å². The molecule has 0 rings (SSSR count). The largest absolute Gasteiger partial charge is 0.355 e. The highest BCUT2D eigenvalue weighted by molar-refractivity contribution is 6.24. The lowest BCUT2D eigenvalue weighted by atomic mass is 10.1. The van der Waals surface area contributed by atoms with E-state index in [9.17, 15) is 4.79 Å². The number of rotatable bonds is 3. The summed E-state index contributed by atoms with van der Waals surface area (Å²) in [5.74, 6) is -0.252. The third-order valence-electron chi connectivity index (χ3n) is 1.25. The van der Waals surface area contributed by atoms with Crippen LogP contribution in [0.3, 0.4) is 0 Å². The van der Waals surface area contributed by atoms with Gasteiger partial charge in [-0.1, -0.05) is 12.7 Å². The van der Waals surface area contributed by atoms with Crippen molar-refractivity contribution in [1.29, 1.82) is 5.41 Å². The maximum Gasteiger partial charge on any atom is 0.252 e. The molecule has 1 amide bonds. The fraction of sp³-hybridized carbons (Fsp3) is 0.250. The molecule has 0 saturated carbocycles. The summed E-state index contributed by atoms with van der Waals surface area (Å²) in [6.07, 6.45) is 2.92. The Balaban J connectivity index is 4.56. The molecule has 0 aromatic heterocycles. The quantitative estimate of drug-likeness (QED) is 0.458. The number of hydrogen-bond donors (Lipinski definition) is 2. The highest BCUT2D eigenvalue weighted by Crippen LogP contribution is 1.96. The molecule has 0 aromatic rings. The van der Waals surface area contributed by atoms with Crippen LogP contribution < -0.4 is 5.32 Å². The molecular formula is C8H12N2O. The molecule has 0 fully saturated rings. The summed E-state index contributed by atoms with van der Waals surface area (Å²) in [6.45, 7) is 5.11. The Hall–Kier alpha value is -1.38. The summed E-state index contributed by atoms with van der Waals surface area (Å²) in [4.78, 5) is 11.0. The minimum absolute atomic E-state index is 0.145. The van der Waals surface area contributed by atoms with Crippen molar-refractivity contribution < 1.29 is 4.79 Å². The van der Waals surface area contributed by atoms with Gasteiger partial charge in [-0.15, -0.1) is 0 Å². The van der Waals surface area contributed by atoms with Crippen LogP contribution in [0.5, 0.6) is 0 Å². The molecule has 0 aromatic carbocycles. The molecule has 3 nitrogen and oxygen atoms in total. The van der Waals surface area contributed by atoms with Crippen molar-refractivity contribution in [1.82, 2.24) is 5.32 Å². The van der Waals surface area contributed by atoms with Gasteiger partial charge in [0.15, 0.2) is 0 Å². The maximum absolute atomic E-state index is 11.0. The van der Waals surface area contributed by atoms with Gasteiger partial charge in [-0.25, -0.2) is 0 Å². The molecule has 2 N–H and O–H groups in total. The van der Waals surface area contributed by atoms with E-state index in [-0.39, 0.29) is 11.6 Å². The molecule has 0 aliphatic carbocycles. The second-order valence-electron chi connectivity index (χ2n) is 1.90. The number of carbonyl (C=O) groups excluding carboxylic acids is 1. The lowest BCUT2D eigenvalue weighted by Crippen LogP contribution is -2.23. The summed E-state index contributed by atoms with van der Waals surface area (Å²) in [6, 6.07) is 0. The van der Waals surface area contributed by atoms with Gasteiger partial charge in [0, 0.05) is 7.05 Å². The average molecular weight is 152 g/mol. The van der Waals surface area contributed by atoms with Crippen LogP contribution in [-0.2, 0) is 4.79 Å². The van der Waals surface area contributed by atoms with Crippen LogP contribution >= 0.6 is 0 Å². The molecule has 11 heavy (non-hydrogen) atoms. The minimum Gasteiger partial charge on any atom is -0.355 e. The third kappa shape index (κ3) is 2.37. The highest BCUT2D eigenvalue weighted by Gasteiger charge is 2.07. The van der Waals surface area contributed by atoms with Crippen LogP contribution in [0.2, 0.25) is 0 Å². The van der Waals surface area contributed by atoms with Gasteiger partial charge < -0.3 is 10.7 Å². The molecule has 0 aliphatic heterocycles. The molecule has 3 heteroatoms. The molecule has 0 aliphatic rings. The van der Waals surface area contributed by atoms with E-state index in [0.29, 0.717) is 5.57 Å². The van der Waals surface area contributed by atoms with Crippen molar-refractivity contribution in [2.75, 3.05) is 7.05 Å². The average Bonchev–Trinajstić information content (AvgIpc) is 2.05. The molecule has 0 saturated heterocycles. The van der Waals surface area contributed by atoms with Gasteiger partial charge in [-0.05, 0) is 13.0 Å². The predicted molar refractivity (Wildman–Crippen MR) is 45.7 cm³/mol. The van der Waals surface area contributed by atoms with Gasteiger partial charge in [0.2, 0.25) is 0 Å². The number of hydrogen-bond acceptors (Lipinski definition) is 2. The Morgan fingerprint density at radius 2 is 2.18 bits per heavy atom. The van der Waals surface area contributed by atoms with Crippen molar-refractivity contribution in [3.63, 3.8) is 0 Å². The van der Waals surface area contributed by atoms with Crippen molar-refractivity contribution in [3.8, 4) is 0 Å². The SMILES string of the molecule is C=CC(=N)/C(=C\C)C(=O)NC. The number of allylic oxidation sites excluding steroid dienone is 2. The lowest BCUT2D eigenvalue weighted by Gasteiger charge is -2.01. The van der Waals surface area contributed by atoms with Crippen LogP contribution in [0, 0.1) is 5.41 Å². The van der Waals surface area contributed by atoms with E-state index in [2.05, 4.69) is 11.9 Å². The van der Waals surface area contributed by atoms with Crippen LogP contribution in [0.1, 0.15) is 6.92 Å². The fourth-order valence-corrected chi connectivity index (χ4v) is 0.654. The van der Waals surface area contributed by atoms with Crippen molar-refractivity contribution >= 4 is 11.6 Å². The first-order valence-electron chi connectivity index (χ1n) is 3.27. The molecule has 0 atom stereocenters. The lowest BCUT2D eigenvalue weighted by molar-refractivity contribution is -0.116. The zero-order valence-corrected chi connectivity index (χ0v) is 6.77. The summed E-state index contributed by atoms with van der Waals surface area (Å²) in [5.41, 5.74) is 0.495. The zero-order valence-electron chi connectivity index (χ0n) is 6.77. The fourth-order valence-electron chi connectivity index (χ4n) is 0.654. The van der Waals surface area contributed by atoms with Crippen LogP contribution in [-0.4, -0.2) is 18.7 Å². The Labute approximate surface area is 66.3 Å². The first-order valence-corrected chi connectivity index (χ1v) is 3.27. The van der Waals surface area contributed by atoms with Gasteiger partial charge in [0.25, 0.3) is 5.91 Å². The number of likely N-dealkylation sites (N-methyl/N-ethyl adjacent to an activating group) is 1. The second-order valence-corrected chi connectivity index (χ2v) is 1.90. The van der Waals surface area contributed by atoms with E-state index < -0.39 is 0 Å². The number of amides is 1. The number of carbonyl (C=O) groups is 1. The maximum atomic E-state index is 11.0. The van der Waals surface area contributed by atoms with Crippen LogP contribution in [0.25, 0.3) is 0 Å². The van der Waals surface area contributed by atoms with E-state index in [1.54, 1.807) is 13.0 Å². The first-order chi connectivity index (χ1) is 5.17. The zero-order chi connectivity index (χ0) is 8.85. The van der Waals surface area contributed by atoms with Crippen molar-refractivity contribution in [2.45, 2.75) is 6.92 Å². The summed E-state index contributed by atoms with van der Waals surface area (Å²) >= 11 is 0. The third-order valence-corrected chi connectivity index (χ3v) is 1.25. The van der Waals surface area contributed by atoms with Crippen LogP contribution in [0.4, 0.5) is 0 Å². The molecule has 0 unspecified atom stereocenters. The highest BCUT2D eigenvalue weighted by atomic mass is 16.1. The molecule has 0 heterocycles. The standard InChI is InChI=1S/C8H12N2O/c1-4-6(7(9)5-2)8(11)10-3/h4-5,9H,2H2,1,3H3,(H,10,11)/b6-4+,9-7?. The summed E-state index contributed by atoms with van der Waals surface area (Å²) < 4.78 is 0. The van der Waals surface area contributed by atoms with E-state index in [1.807, 2.05) is 0 Å². The van der Waals surface area contributed by atoms with E-state index in [4.69, 9.17) is 5.41 Å². The van der Waals surface area contributed by atoms with Gasteiger partial charge in [-0.3, -0.25) is 4.79 Å². The van der Waals surface area contributed by atoms with Crippen LogP contribution in [0.15, 0.2) is 24.3 Å². The minimum atomic E-state index is -0.252. The first kappa shape index (κ1) is 9.62. The summed E-state index contributed by atoms with van der Waals surface area (Å²) in [7, 11) is 1.53. The monoisotopic (exact) mass is 152 g/mol. The van der Waals surface area contributed by atoms with Crippen molar-refractivity contribution in [3.05, 3.63) is 24.3 Å². The Bertz CT molecular complexity index is 216. The van der Waals surface area contributed by atoms with Gasteiger partial charge in [0.1, 0.15) is 0 Å². The molecular weight excluding hydrogens is 140 g/mol. The Kier molecular flexibility index (Phi) is 3.88. The molecule has 0 spiro atoms. The number of nitrogens with one attached hydrogen (secondary N) is 2. The normalized spacial score (nSPS) is 10.5. The van der Waals surface area contributed by atoms with Gasteiger partial charge >= 0.3 is 0 Å². The predicted octanol–water partition coefficient (Wildman–Crippen LogP) is 0.884. The topological polar surface area (TPSA) is 53.0 Å².